The number of allylic oxidation sites excluding steroid dienone is 4. The summed E-state index contributed by atoms with van der Waals surface area (Å²) >= 11 is 2.05. The van der Waals surface area contributed by atoms with E-state index in [2.05, 4.69) is 40.9 Å². The van der Waals surface area contributed by atoms with Crippen molar-refractivity contribution in [3.05, 3.63) is 37.5 Å². The molecule has 37 heavy (non-hydrogen) atoms. The zero-order chi connectivity index (χ0) is 32.5. The Balaban J connectivity index is -0.0000000164. The van der Waals surface area contributed by atoms with Gasteiger partial charge in [0.05, 0.1) is 0 Å². The maximum atomic E-state index is 3.00. The molecule has 0 spiro atoms. The summed E-state index contributed by atoms with van der Waals surface area (Å²) in [6, 6.07) is 0. The Morgan fingerprint density at radius 2 is 0.703 bits per heavy atom. The normalized spacial score (nSPS) is 6.22. The summed E-state index contributed by atoms with van der Waals surface area (Å²) in [7, 11) is 0. The van der Waals surface area contributed by atoms with E-state index in [-0.39, 0.29) is 7.43 Å². The Bertz CT molecular complexity index is 142. The molecule has 0 saturated carbocycles. The number of unbranched alkanes of at least 4 members (excludes halogenated alkanes) is 3. The molecule has 0 saturated heterocycles. The lowest BCUT2D eigenvalue weighted by molar-refractivity contribution is 0.778. The quantitative estimate of drug-likeness (QED) is 0.171. The summed E-state index contributed by atoms with van der Waals surface area (Å²) in [5, 5.41) is 0. The van der Waals surface area contributed by atoms with Gasteiger partial charge >= 0.3 is 0 Å². The van der Waals surface area contributed by atoms with Gasteiger partial charge in [0.2, 0.25) is 0 Å². The molecule has 0 aromatic heterocycles. The smallest absolute Gasteiger partial charge is 0.00676 e. The van der Waals surface area contributed by atoms with Crippen molar-refractivity contribution in [2.24, 2.45) is 0 Å². The average molecular weight is 557 g/mol. The third kappa shape index (κ3) is 546. The van der Waals surface area contributed by atoms with E-state index in [9.17, 15) is 0 Å². The summed E-state index contributed by atoms with van der Waals surface area (Å²) < 4.78 is 0. The lowest BCUT2D eigenvalue weighted by Gasteiger charge is -1.94. The summed E-state index contributed by atoms with van der Waals surface area (Å²) in [6.07, 6.45) is 14.8. The van der Waals surface area contributed by atoms with Crippen LogP contribution in [-0.4, -0.2) is 11.5 Å². The van der Waals surface area contributed by atoms with Crippen LogP contribution in [-0.2, 0) is 0 Å². The van der Waals surface area contributed by atoms with Gasteiger partial charge in [0, 0.05) is 0 Å². The Labute approximate surface area is 252 Å². The van der Waals surface area contributed by atoms with E-state index in [1.54, 1.807) is 0 Å². The predicted molar refractivity (Wildman–Crippen MR) is 202 cm³/mol. The van der Waals surface area contributed by atoms with Crippen LogP contribution in [0.4, 0.5) is 0 Å². The topological polar surface area (TPSA) is 0 Å². The SMILES string of the molecule is C.C/C=C/C=C/C.C=C.CC.CC.CC.CC.CC.CC.CC.CC.CCCC.CCCCCSCC. The van der Waals surface area contributed by atoms with Crippen LogP contribution in [0.25, 0.3) is 0 Å². The lowest BCUT2D eigenvalue weighted by Crippen LogP contribution is -1.78. The van der Waals surface area contributed by atoms with Crippen LogP contribution in [0.2, 0.25) is 0 Å². The monoisotopic (exact) mass is 557 g/mol. The minimum Gasteiger partial charge on any atom is -0.162 e. The maximum Gasteiger partial charge on any atom is -0.00676 e. The van der Waals surface area contributed by atoms with Gasteiger partial charge in [-0.05, 0) is 31.8 Å². The van der Waals surface area contributed by atoms with Gasteiger partial charge in [-0.1, -0.05) is 196 Å². The highest BCUT2D eigenvalue weighted by molar-refractivity contribution is 7.99. The Kier molecular flexibility index (Phi) is 715. The third-order valence-corrected chi connectivity index (χ3v) is 3.08. The molecule has 0 aliphatic rings. The molecule has 0 unspecified atom stereocenters. The van der Waals surface area contributed by atoms with Crippen LogP contribution >= 0.6 is 11.8 Å². The summed E-state index contributed by atoms with van der Waals surface area (Å²) in [5.74, 6) is 2.65. The van der Waals surface area contributed by atoms with E-state index < -0.39 is 0 Å². The molecule has 0 fully saturated rings. The molecule has 0 aromatic rings. The zero-order valence-electron chi connectivity index (χ0n) is 31.1. The third-order valence-electron chi connectivity index (χ3n) is 2.09. The predicted octanol–water partition coefficient (Wildman–Crippen LogP) is 16.5. The first-order valence-corrected chi connectivity index (χ1v) is 17.2. The molecule has 0 radical (unpaired) electrons. The van der Waals surface area contributed by atoms with Crippen LogP contribution in [0, 0.1) is 0 Å². The van der Waals surface area contributed by atoms with Gasteiger partial charge < -0.3 is 0 Å². The minimum atomic E-state index is 0. The van der Waals surface area contributed by atoms with Gasteiger partial charge in [-0.3, -0.25) is 0 Å². The molecule has 0 nitrogen and oxygen atoms in total. The fourth-order valence-corrected chi connectivity index (χ4v) is 1.52. The van der Waals surface area contributed by atoms with Crippen molar-refractivity contribution in [2.45, 2.75) is 192 Å². The van der Waals surface area contributed by atoms with Crippen molar-refractivity contribution in [3.8, 4) is 0 Å². The molecule has 0 aliphatic carbocycles. The number of thioether (sulfide) groups is 1. The molecule has 0 N–H and O–H groups in total. The van der Waals surface area contributed by atoms with Crippen molar-refractivity contribution < 1.29 is 0 Å². The van der Waals surface area contributed by atoms with Gasteiger partial charge in [0.1, 0.15) is 0 Å². The van der Waals surface area contributed by atoms with Crippen LogP contribution in [0.3, 0.4) is 0 Å². The number of hydrogen-bond donors (Lipinski definition) is 0. The molecule has 0 amide bonds. The van der Waals surface area contributed by atoms with Crippen LogP contribution in [0.15, 0.2) is 37.5 Å². The van der Waals surface area contributed by atoms with Gasteiger partial charge in [-0.2, -0.15) is 11.8 Å². The van der Waals surface area contributed by atoms with E-state index in [0.29, 0.717) is 0 Å². The van der Waals surface area contributed by atoms with Crippen molar-refractivity contribution in [1.29, 1.82) is 0 Å². The number of hydrogen-bond acceptors (Lipinski definition) is 1. The zero-order valence-corrected chi connectivity index (χ0v) is 31.9. The van der Waals surface area contributed by atoms with Gasteiger partial charge in [0.15, 0.2) is 0 Å². The first-order chi connectivity index (χ1) is 17.7. The summed E-state index contributed by atoms with van der Waals surface area (Å²) in [4.78, 5) is 0. The van der Waals surface area contributed by atoms with Crippen LogP contribution in [0.5, 0.6) is 0 Å². The molecule has 0 aliphatic heterocycles. The Morgan fingerprint density at radius 1 is 0.459 bits per heavy atom. The molecule has 1 heteroatoms. The maximum absolute atomic E-state index is 3.00. The van der Waals surface area contributed by atoms with Crippen molar-refractivity contribution in [3.63, 3.8) is 0 Å². The molecule has 0 aromatic carbocycles. The van der Waals surface area contributed by atoms with E-state index in [1.807, 2.05) is 161 Å². The van der Waals surface area contributed by atoms with Gasteiger partial charge in [-0.15, -0.1) is 13.2 Å². The molecule has 242 valence electrons. The molecule has 0 bridgehead atoms. The second kappa shape index (κ2) is 318. The Hall–Kier alpha value is -0.430. The fourth-order valence-electron chi connectivity index (χ4n) is 0.821. The Morgan fingerprint density at radius 3 is 0.838 bits per heavy atom. The van der Waals surface area contributed by atoms with Crippen molar-refractivity contribution in [2.75, 3.05) is 11.5 Å². The number of rotatable bonds is 7. The highest BCUT2D eigenvalue weighted by Gasteiger charge is 1.83. The summed E-state index contributed by atoms with van der Waals surface area (Å²) in [6.45, 7) is 50.8. The molecule has 0 rings (SSSR count). The highest BCUT2D eigenvalue weighted by atomic mass is 32.2. The van der Waals surface area contributed by atoms with E-state index in [1.165, 1.54) is 43.6 Å². The van der Waals surface area contributed by atoms with Crippen LogP contribution < -0.4 is 0 Å². The standard InChI is InChI=1S/C7H16S.C6H10.C4H10.8C2H6.C2H4.CH4/c1-3-5-6-7-8-4-2;1-3-5-6-4-2;1-3-4-2;9*1-2;/h3-7H2,1-2H3;3-6H,1-2H3;3-4H2,1-2H3;8*1-2H3;1-2H2;1H4/b;5-3+,6-4+;;;;;;;;;;;. The minimum absolute atomic E-state index is 0. The first kappa shape index (κ1) is 83.3. The van der Waals surface area contributed by atoms with E-state index in [4.69, 9.17) is 0 Å². The molecular formula is C36H92S. The van der Waals surface area contributed by atoms with Crippen molar-refractivity contribution in [1.82, 2.24) is 0 Å². The highest BCUT2D eigenvalue weighted by Crippen LogP contribution is 2.04. The van der Waals surface area contributed by atoms with Crippen LogP contribution in [0.1, 0.15) is 192 Å². The van der Waals surface area contributed by atoms with Gasteiger partial charge in [-0.25, -0.2) is 0 Å². The second-order valence-electron chi connectivity index (χ2n) is 3.96. The van der Waals surface area contributed by atoms with E-state index >= 15 is 0 Å². The average Bonchev–Trinajstić information content (AvgIpc) is 3.03. The largest absolute Gasteiger partial charge is 0.162 e. The summed E-state index contributed by atoms with van der Waals surface area (Å²) in [5.41, 5.74) is 0. The first-order valence-electron chi connectivity index (χ1n) is 16.1. The molecular weight excluding hydrogens is 464 g/mol. The second-order valence-corrected chi connectivity index (χ2v) is 5.35. The van der Waals surface area contributed by atoms with Crippen molar-refractivity contribution >= 4 is 11.8 Å². The fraction of sp³-hybridized carbons (Fsp3) is 0.833. The molecule has 0 heterocycles. The molecule has 0 atom stereocenters. The lowest BCUT2D eigenvalue weighted by atomic mass is 10.3. The van der Waals surface area contributed by atoms with Gasteiger partial charge in [0.25, 0.3) is 0 Å². The van der Waals surface area contributed by atoms with E-state index in [0.717, 1.165) is 0 Å².